The van der Waals surface area contributed by atoms with E-state index in [1.54, 1.807) is 12.0 Å². The van der Waals surface area contributed by atoms with Gasteiger partial charge in [0.1, 0.15) is 11.7 Å². The lowest BCUT2D eigenvalue weighted by Crippen LogP contribution is -2.52. The van der Waals surface area contributed by atoms with Crippen molar-refractivity contribution in [2.24, 2.45) is 7.05 Å². The first-order valence-electron chi connectivity index (χ1n) is 11.9. The molecule has 180 valence electrons. The van der Waals surface area contributed by atoms with Crippen LogP contribution < -0.4 is 5.32 Å². The number of rotatable bonds is 5. The molecule has 1 N–H and O–H groups in total. The lowest BCUT2D eigenvalue weighted by molar-refractivity contribution is -0.136. The number of aryl methyl sites for hydroxylation is 1. The molecule has 0 saturated carbocycles. The van der Waals surface area contributed by atoms with E-state index in [4.69, 9.17) is 9.72 Å². The van der Waals surface area contributed by atoms with E-state index < -0.39 is 11.9 Å². The Bertz CT molecular complexity index is 1370. The quantitative estimate of drug-likeness (QED) is 0.568. The van der Waals surface area contributed by atoms with Crippen LogP contribution in [0.4, 0.5) is 0 Å². The van der Waals surface area contributed by atoms with Crippen LogP contribution in [0, 0.1) is 0 Å². The number of hydrogen-bond acceptors (Lipinski definition) is 6. The monoisotopic (exact) mass is 473 g/mol. The molecule has 3 amide bonds. The van der Waals surface area contributed by atoms with Crippen molar-refractivity contribution in [2.75, 3.05) is 20.2 Å². The molecule has 0 bridgehead atoms. The number of nitrogens with one attached hydrogen (secondary N) is 1. The number of carbonyl (C=O) groups excluding carboxylic acids is 3. The molecular formula is C26H27N5O4. The molecule has 9 heteroatoms. The molecule has 2 saturated heterocycles. The summed E-state index contributed by atoms with van der Waals surface area (Å²) >= 11 is 0. The summed E-state index contributed by atoms with van der Waals surface area (Å²) in [6.45, 7) is 3.00. The van der Waals surface area contributed by atoms with E-state index in [1.165, 1.54) is 5.56 Å². The van der Waals surface area contributed by atoms with E-state index in [2.05, 4.69) is 22.3 Å². The minimum Gasteiger partial charge on any atom is -0.379 e. The molecule has 6 rings (SSSR count). The average molecular weight is 474 g/mol. The number of nitrogens with zero attached hydrogens (tertiary/aromatic N) is 4. The molecule has 3 aromatic rings. The van der Waals surface area contributed by atoms with E-state index in [1.807, 2.05) is 36.0 Å². The van der Waals surface area contributed by atoms with Gasteiger partial charge in [-0.25, -0.2) is 4.98 Å². The highest BCUT2D eigenvalue weighted by Crippen LogP contribution is 2.33. The van der Waals surface area contributed by atoms with Gasteiger partial charge in [0.2, 0.25) is 11.8 Å². The summed E-state index contributed by atoms with van der Waals surface area (Å²) < 4.78 is 7.45. The third-order valence-electron chi connectivity index (χ3n) is 7.39. The molecule has 0 spiro atoms. The molecule has 1 unspecified atom stereocenters. The first kappa shape index (κ1) is 21.9. The predicted molar refractivity (Wildman–Crippen MR) is 128 cm³/mol. The first-order valence-corrected chi connectivity index (χ1v) is 11.9. The predicted octanol–water partition coefficient (Wildman–Crippen LogP) is 1.83. The van der Waals surface area contributed by atoms with Gasteiger partial charge in [-0.15, -0.1) is 0 Å². The summed E-state index contributed by atoms with van der Waals surface area (Å²) in [6.07, 6.45) is 2.92. The fourth-order valence-corrected chi connectivity index (χ4v) is 5.35. The van der Waals surface area contributed by atoms with Crippen LogP contribution in [0.25, 0.3) is 22.3 Å². The molecule has 9 nitrogen and oxygen atoms in total. The number of amides is 3. The van der Waals surface area contributed by atoms with Crippen LogP contribution in [0.1, 0.15) is 34.3 Å². The summed E-state index contributed by atoms with van der Waals surface area (Å²) in [5.41, 5.74) is 5.39. The molecule has 3 aliphatic heterocycles. The Balaban J connectivity index is 1.31. The highest BCUT2D eigenvalue weighted by molar-refractivity contribution is 6.05. The molecule has 0 aliphatic carbocycles. The van der Waals surface area contributed by atoms with E-state index in [9.17, 15) is 14.4 Å². The summed E-state index contributed by atoms with van der Waals surface area (Å²) in [5.74, 6) is -0.852. The fourth-order valence-electron chi connectivity index (χ4n) is 5.35. The zero-order valence-corrected chi connectivity index (χ0v) is 19.8. The van der Waals surface area contributed by atoms with Gasteiger partial charge in [0.15, 0.2) is 0 Å². The summed E-state index contributed by atoms with van der Waals surface area (Å²) in [5, 5.41) is 3.49. The molecule has 3 aliphatic rings. The van der Waals surface area contributed by atoms with Crippen LogP contribution in [-0.4, -0.2) is 69.4 Å². The normalized spacial score (nSPS) is 20.9. The highest BCUT2D eigenvalue weighted by Gasteiger charge is 2.39. The van der Waals surface area contributed by atoms with Gasteiger partial charge in [-0.05, 0) is 41.8 Å². The largest absolute Gasteiger partial charge is 0.379 e. The van der Waals surface area contributed by atoms with E-state index in [0.29, 0.717) is 24.6 Å². The van der Waals surface area contributed by atoms with E-state index in [0.717, 1.165) is 47.5 Å². The molecular weight excluding hydrogens is 446 g/mol. The molecule has 2 fully saturated rings. The van der Waals surface area contributed by atoms with Crippen LogP contribution in [0.2, 0.25) is 0 Å². The smallest absolute Gasteiger partial charge is 0.255 e. The van der Waals surface area contributed by atoms with Gasteiger partial charge in [0, 0.05) is 69.5 Å². The zero-order valence-electron chi connectivity index (χ0n) is 19.8. The number of likely N-dealkylation sites (tertiary alicyclic amines) is 1. The SMILES string of the molecule is COC1CN(Cc2cc(-c3ccc4c(c3)CN(C3CCC(=O)NC3=O)C4=O)nc3c2ccn3C)C1. The second-order valence-electron chi connectivity index (χ2n) is 9.65. The van der Waals surface area contributed by atoms with Crippen molar-refractivity contribution < 1.29 is 19.1 Å². The van der Waals surface area contributed by atoms with Crippen LogP contribution >= 0.6 is 0 Å². The number of hydrogen-bond donors (Lipinski definition) is 1. The van der Waals surface area contributed by atoms with E-state index >= 15 is 0 Å². The van der Waals surface area contributed by atoms with Gasteiger partial charge in [-0.2, -0.15) is 0 Å². The maximum Gasteiger partial charge on any atom is 0.255 e. The number of methoxy groups -OCH3 is 1. The number of piperidine rings is 1. The second kappa shape index (κ2) is 8.28. The molecule has 1 aromatic carbocycles. The van der Waals surface area contributed by atoms with Crippen molar-refractivity contribution in [3.63, 3.8) is 0 Å². The van der Waals surface area contributed by atoms with Gasteiger partial charge in [-0.3, -0.25) is 24.6 Å². The Morgan fingerprint density at radius 3 is 2.74 bits per heavy atom. The molecule has 5 heterocycles. The average Bonchev–Trinajstić information content (AvgIpc) is 3.35. The van der Waals surface area contributed by atoms with Gasteiger partial charge in [0.25, 0.3) is 5.91 Å². The van der Waals surface area contributed by atoms with Crippen LogP contribution in [-0.2, 0) is 34.5 Å². The molecule has 0 radical (unpaired) electrons. The van der Waals surface area contributed by atoms with Crippen molar-refractivity contribution >= 4 is 28.8 Å². The Kier molecular flexibility index (Phi) is 5.19. The number of pyridine rings is 1. The number of imide groups is 1. The van der Waals surface area contributed by atoms with Crippen LogP contribution in [0.3, 0.4) is 0 Å². The maximum absolute atomic E-state index is 13.0. The first-order chi connectivity index (χ1) is 16.9. The number of fused-ring (bicyclic) bond motifs is 2. The Morgan fingerprint density at radius 1 is 1.14 bits per heavy atom. The molecule has 35 heavy (non-hydrogen) atoms. The van der Waals surface area contributed by atoms with Gasteiger partial charge in [-0.1, -0.05) is 6.07 Å². The number of ether oxygens (including phenoxy) is 1. The summed E-state index contributed by atoms with van der Waals surface area (Å²) in [7, 11) is 3.74. The van der Waals surface area contributed by atoms with Crippen molar-refractivity contribution in [3.05, 3.63) is 53.2 Å². The summed E-state index contributed by atoms with van der Waals surface area (Å²) in [6, 6.07) is 9.38. The Morgan fingerprint density at radius 2 is 1.97 bits per heavy atom. The highest BCUT2D eigenvalue weighted by atomic mass is 16.5. The number of carbonyl (C=O) groups is 3. The van der Waals surface area contributed by atoms with Crippen molar-refractivity contribution in [3.8, 4) is 11.3 Å². The minimum absolute atomic E-state index is 0.168. The zero-order chi connectivity index (χ0) is 24.3. The fraction of sp³-hybridized carbons (Fsp3) is 0.385. The van der Waals surface area contributed by atoms with Crippen LogP contribution in [0.15, 0.2) is 36.5 Å². The summed E-state index contributed by atoms with van der Waals surface area (Å²) in [4.78, 5) is 45.8. The van der Waals surface area contributed by atoms with Crippen molar-refractivity contribution in [2.45, 2.75) is 38.1 Å². The lowest BCUT2D eigenvalue weighted by Gasteiger charge is -2.38. The van der Waals surface area contributed by atoms with Crippen molar-refractivity contribution in [1.29, 1.82) is 0 Å². The Labute approximate surface area is 202 Å². The maximum atomic E-state index is 13.0. The topological polar surface area (TPSA) is 96.8 Å². The third-order valence-corrected chi connectivity index (χ3v) is 7.39. The van der Waals surface area contributed by atoms with Crippen LogP contribution in [0.5, 0.6) is 0 Å². The second-order valence-corrected chi connectivity index (χ2v) is 9.65. The van der Waals surface area contributed by atoms with Gasteiger partial charge < -0.3 is 14.2 Å². The van der Waals surface area contributed by atoms with Gasteiger partial charge in [0.05, 0.1) is 11.8 Å². The van der Waals surface area contributed by atoms with Gasteiger partial charge >= 0.3 is 0 Å². The number of aromatic nitrogens is 2. The lowest BCUT2D eigenvalue weighted by atomic mass is 10.0. The number of benzene rings is 1. The minimum atomic E-state index is -0.618. The Hall–Kier alpha value is -3.56. The van der Waals surface area contributed by atoms with Crippen molar-refractivity contribution in [1.82, 2.24) is 24.7 Å². The molecule has 1 atom stereocenters. The van der Waals surface area contributed by atoms with E-state index in [-0.39, 0.29) is 18.2 Å². The third kappa shape index (κ3) is 3.71. The standard InChI is InChI=1S/C26H27N5O4/c1-29-8-7-19-17(11-30-13-18(14-30)35-2)10-21(27-24(19)29)15-3-4-20-16(9-15)12-31(26(20)34)22-5-6-23(32)28-25(22)33/h3-4,7-10,18,22H,5-6,11-14H2,1-2H3,(H,28,32,33). The molecule has 2 aromatic heterocycles.